The van der Waals surface area contributed by atoms with E-state index in [0.29, 0.717) is 11.5 Å². The summed E-state index contributed by atoms with van der Waals surface area (Å²) in [4.78, 5) is 20.6. The number of carbonyl (C=O) groups is 2. The zero-order valence-electron chi connectivity index (χ0n) is 18.8. The highest BCUT2D eigenvalue weighted by Gasteiger charge is 2.00. The number of benzene rings is 3. The van der Waals surface area contributed by atoms with Gasteiger partial charge in [0, 0.05) is 0 Å². The van der Waals surface area contributed by atoms with Gasteiger partial charge in [-0.3, -0.25) is 0 Å². The Kier molecular flexibility index (Phi) is 12.2. The Labute approximate surface area is 193 Å². The summed E-state index contributed by atoms with van der Waals surface area (Å²) in [6.45, 7) is 2.21. The van der Waals surface area contributed by atoms with Crippen LogP contribution in [0.3, 0.4) is 0 Å². The quantitative estimate of drug-likeness (QED) is 0.342. The van der Waals surface area contributed by atoms with Crippen molar-refractivity contribution in [3.05, 3.63) is 89.5 Å². The Morgan fingerprint density at radius 3 is 1.52 bits per heavy atom. The van der Waals surface area contributed by atoms with E-state index in [0.717, 1.165) is 6.42 Å². The molecule has 3 rings (SSSR count). The number of hydrogen-bond donors (Lipinski definition) is 4. The summed E-state index contributed by atoms with van der Waals surface area (Å²) in [5, 5.41) is 34.7. The molecule has 7 nitrogen and oxygen atoms in total. The number of hydrogen-bond acceptors (Lipinski definition) is 5. The molecule has 0 spiro atoms. The Morgan fingerprint density at radius 1 is 0.697 bits per heavy atom. The van der Waals surface area contributed by atoms with Crippen molar-refractivity contribution in [1.82, 2.24) is 0 Å². The van der Waals surface area contributed by atoms with Crippen molar-refractivity contribution in [2.75, 3.05) is 7.11 Å². The van der Waals surface area contributed by atoms with Gasteiger partial charge in [-0.25, -0.2) is 9.59 Å². The number of aromatic carboxylic acids is 2. The van der Waals surface area contributed by atoms with Gasteiger partial charge in [0.15, 0.2) is 0 Å². The van der Waals surface area contributed by atoms with Crippen molar-refractivity contribution in [1.29, 1.82) is 0 Å². The molecular weight excluding hydrogens is 424 g/mol. The minimum atomic E-state index is -0.986. The molecular formula is C26H30O7. The van der Waals surface area contributed by atoms with E-state index in [2.05, 4.69) is 6.92 Å². The van der Waals surface area contributed by atoms with E-state index < -0.39 is 11.9 Å². The summed E-state index contributed by atoms with van der Waals surface area (Å²) < 4.78 is 4.86. The molecule has 3 aromatic carbocycles. The number of ether oxygens (including phenoxy) is 1. The lowest BCUT2D eigenvalue weighted by atomic mass is 10.1. The van der Waals surface area contributed by atoms with Crippen LogP contribution in [0.2, 0.25) is 0 Å². The van der Waals surface area contributed by atoms with Crippen molar-refractivity contribution in [2.45, 2.75) is 32.6 Å². The average molecular weight is 455 g/mol. The lowest BCUT2D eigenvalue weighted by molar-refractivity contribution is 0.0686. The van der Waals surface area contributed by atoms with Crippen LogP contribution in [0.4, 0.5) is 0 Å². The largest absolute Gasteiger partial charge is 0.508 e. The van der Waals surface area contributed by atoms with Crippen LogP contribution in [-0.4, -0.2) is 39.5 Å². The van der Waals surface area contributed by atoms with Gasteiger partial charge < -0.3 is 25.2 Å². The average Bonchev–Trinajstić information content (AvgIpc) is 2.82. The van der Waals surface area contributed by atoms with E-state index in [1.54, 1.807) is 24.3 Å². The molecule has 33 heavy (non-hydrogen) atoms. The van der Waals surface area contributed by atoms with Gasteiger partial charge in [0.05, 0.1) is 18.2 Å². The van der Waals surface area contributed by atoms with Gasteiger partial charge >= 0.3 is 11.9 Å². The van der Waals surface area contributed by atoms with Gasteiger partial charge in [-0.15, -0.1) is 0 Å². The molecule has 0 saturated carbocycles. The summed E-state index contributed by atoms with van der Waals surface area (Å²) in [5.41, 5.74) is 1.77. The molecule has 0 unspecified atom stereocenters. The van der Waals surface area contributed by atoms with Crippen LogP contribution in [0.25, 0.3) is 0 Å². The number of aromatic hydroxyl groups is 2. The Bertz CT molecular complexity index is 963. The van der Waals surface area contributed by atoms with Crippen molar-refractivity contribution in [3.63, 3.8) is 0 Å². The van der Waals surface area contributed by atoms with Crippen LogP contribution in [0.1, 0.15) is 52.5 Å². The lowest BCUT2D eigenvalue weighted by Crippen LogP contribution is -1.95. The second-order valence-corrected chi connectivity index (χ2v) is 7.01. The van der Waals surface area contributed by atoms with E-state index in [1.807, 2.05) is 12.1 Å². The summed E-state index contributed by atoms with van der Waals surface area (Å²) in [6, 6.07) is 19.1. The zero-order chi connectivity index (χ0) is 24.6. The fraction of sp³-hybridized carbons (Fsp3) is 0.231. The predicted octanol–water partition coefficient (Wildman–Crippen LogP) is 5.61. The van der Waals surface area contributed by atoms with E-state index in [4.69, 9.17) is 25.2 Å². The van der Waals surface area contributed by atoms with Gasteiger partial charge in [0.1, 0.15) is 17.2 Å². The molecule has 176 valence electrons. The second kappa shape index (κ2) is 14.9. The molecule has 0 aliphatic heterocycles. The standard InChI is InChI=1S/C11H16O.C8H8O3.C7H6O3/c1-2-3-4-5-10-6-8-11(12)9-7-10;1-11-7-4-2-6(3-5-7)8(9)10;8-6-3-1-5(2-4-6)7(9)10/h6-9,12H,2-5H2,1H3;2-5H,1H3,(H,9,10);1-4,8H,(H,9,10). The first-order valence-electron chi connectivity index (χ1n) is 10.4. The molecule has 0 aliphatic rings. The number of rotatable bonds is 7. The number of phenolic OH excluding ortho intramolecular Hbond substituents is 2. The maximum Gasteiger partial charge on any atom is 0.335 e. The number of carboxylic acids is 2. The number of methoxy groups -OCH3 is 1. The van der Waals surface area contributed by atoms with Crippen molar-refractivity contribution in [2.24, 2.45) is 0 Å². The van der Waals surface area contributed by atoms with E-state index in [9.17, 15) is 9.59 Å². The van der Waals surface area contributed by atoms with E-state index >= 15 is 0 Å². The third-order valence-corrected chi connectivity index (χ3v) is 4.46. The van der Waals surface area contributed by atoms with Crippen LogP contribution in [0.5, 0.6) is 17.2 Å². The molecule has 0 aromatic heterocycles. The summed E-state index contributed by atoms with van der Waals surface area (Å²) in [7, 11) is 1.54. The highest BCUT2D eigenvalue weighted by Crippen LogP contribution is 2.12. The number of phenols is 2. The predicted molar refractivity (Wildman–Crippen MR) is 126 cm³/mol. The second-order valence-electron chi connectivity index (χ2n) is 7.01. The number of aryl methyl sites for hydroxylation is 1. The van der Waals surface area contributed by atoms with Crippen molar-refractivity contribution in [3.8, 4) is 17.2 Å². The molecule has 0 amide bonds. The zero-order valence-corrected chi connectivity index (χ0v) is 18.8. The van der Waals surface area contributed by atoms with Gasteiger partial charge in [0.2, 0.25) is 0 Å². The van der Waals surface area contributed by atoms with Crippen molar-refractivity contribution < 1.29 is 34.8 Å². The summed E-state index contributed by atoms with van der Waals surface area (Å²) >= 11 is 0. The van der Waals surface area contributed by atoms with Crippen molar-refractivity contribution >= 4 is 11.9 Å². The Balaban J connectivity index is 0.000000249. The molecule has 7 heteroatoms. The maximum absolute atomic E-state index is 10.4. The monoisotopic (exact) mass is 454 g/mol. The molecule has 0 fully saturated rings. The lowest BCUT2D eigenvalue weighted by Gasteiger charge is -1.99. The highest BCUT2D eigenvalue weighted by molar-refractivity contribution is 5.88. The van der Waals surface area contributed by atoms with E-state index in [-0.39, 0.29) is 16.9 Å². The first kappa shape index (κ1) is 27.0. The molecule has 0 heterocycles. The first-order valence-corrected chi connectivity index (χ1v) is 10.4. The topological polar surface area (TPSA) is 124 Å². The van der Waals surface area contributed by atoms with Gasteiger partial charge in [-0.05, 0) is 79.1 Å². The summed E-state index contributed by atoms with van der Waals surface area (Å²) in [6.07, 6.45) is 4.94. The third kappa shape index (κ3) is 11.3. The number of unbranched alkanes of at least 4 members (excludes halogenated alkanes) is 2. The normalized spacial score (nSPS) is 9.52. The fourth-order valence-corrected chi connectivity index (χ4v) is 2.58. The van der Waals surface area contributed by atoms with Gasteiger partial charge in [-0.1, -0.05) is 31.9 Å². The summed E-state index contributed by atoms with van der Waals surface area (Å²) in [5.74, 6) is -0.818. The van der Waals surface area contributed by atoms with Crippen LogP contribution < -0.4 is 4.74 Å². The SMILES string of the molecule is CCCCCc1ccc(O)cc1.COc1ccc(C(=O)O)cc1.O=C(O)c1ccc(O)cc1. The minimum absolute atomic E-state index is 0.0741. The highest BCUT2D eigenvalue weighted by atomic mass is 16.5. The minimum Gasteiger partial charge on any atom is -0.508 e. The molecule has 3 aromatic rings. The third-order valence-electron chi connectivity index (χ3n) is 4.46. The van der Waals surface area contributed by atoms with Crippen LogP contribution >= 0.6 is 0 Å². The van der Waals surface area contributed by atoms with E-state index in [1.165, 1.54) is 68.3 Å². The van der Waals surface area contributed by atoms with Crippen LogP contribution in [0.15, 0.2) is 72.8 Å². The number of carboxylic acid groups (broad SMARTS) is 2. The molecule has 0 aliphatic carbocycles. The molecule has 4 N–H and O–H groups in total. The van der Waals surface area contributed by atoms with Gasteiger partial charge in [-0.2, -0.15) is 0 Å². The fourth-order valence-electron chi connectivity index (χ4n) is 2.58. The van der Waals surface area contributed by atoms with Gasteiger partial charge in [0.25, 0.3) is 0 Å². The molecule has 0 atom stereocenters. The first-order chi connectivity index (χ1) is 15.8. The van der Waals surface area contributed by atoms with Crippen LogP contribution in [-0.2, 0) is 6.42 Å². The Hall–Kier alpha value is -4.00. The smallest absolute Gasteiger partial charge is 0.335 e. The molecule has 0 saturated heterocycles. The molecule has 0 radical (unpaired) electrons. The maximum atomic E-state index is 10.4. The van der Waals surface area contributed by atoms with Crippen LogP contribution in [0, 0.1) is 0 Å². The molecule has 0 bridgehead atoms. The Morgan fingerprint density at radius 2 is 1.12 bits per heavy atom.